The van der Waals surface area contributed by atoms with E-state index in [9.17, 15) is 14.4 Å². The average molecular weight is 537 g/mol. The number of halogens is 1. The van der Waals surface area contributed by atoms with Crippen LogP contribution in [0.2, 0.25) is 5.02 Å². The van der Waals surface area contributed by atoms with E-state index >= 15 is 0 Å². The Kier molecular flexibility index (Phi) is 6.81. The van der Waals surface area contributed by atoms with Gasteiger partial charge in [0.25, 0.3) is 11.8 Å². The molecule has 5 rings (SSSR count). The summed E-state index contributed by atoms with van der Waals surface area (Å²) in [5, 5.41) is 10.3. The number of fused-ring (bicyclic) bond motifs is 1. The molecule has 2 aromatic heterocycles. The van der Waals surface area contributed by atoms with Gasteiger partial charge in [-0.3, -0.25) is 9.59 Å². The molecule has 1 aliphatic rings. The molecule has 0 spiro atoms. The number of para-hydroxylation sites is 1. The zero-order chi connectivity index (χ0) is 26.9. The second-order valence-electron chi connectivity index (χ2n) is 8.85. The predicted molar refractivity (Wildman–Crippen MR) is 139 cm³/mol. The number of carbonyl (C=O) groups excluding carboxylic acids is 3. The monoisotopic (exact) mass is 536 g/mol. The first kappa shape index (κ1) is 25.3. The number of carbonyl (C=O) groups is 3. The fourth-order valence-electron chi connectivity index (χ4n) is 4.24. The normalized spacial score (nSPS) is 13.7. The van der Waals surface area contributed by atoms with Gasteiger partial charge < -0.3 is 29.2 Å². The van der Waals surface area contributed by atoms with E-state index in [1.54, 1.807) is 11.5 Å². The van der Waals surface area contributed by atoms with E-state index in [1.165, 1.54) is 13.2 Å². The van der Waals surface area contributed by atoms with Crippen molar-refractivity contribution in [3.05, 3.63) is 76.6 Å². The van der Waals surface area contributed by atoms with Crippen LogP contribution in [0.15, 0.2) is 59.1 Å². The number of hydrogen-bond donors (Lipinski definition) is 2. The van der Waals surface area contributed by atoms with Gasteiger partial charge in [0, 0.05) is 17.6 Å². The molecule has 2 amide bonds. The van der Waals surface area contributed by atoms with Crippen molar-refractivity contribution >= 4 is 40.3 Å². The minimum Gasteiger partial charge on any atom is -0.479 e. The zero-order valence-electron chi connectivity index (χ0n) is 20.7. The van der Waals surface area contributed by atoms with Crippen LogP contribution >= 0.6 is 11.6 Å². The minimum atomic E-state index is -0.980. The number of ether oxygens (including phenoxy) is 2. The van der Waals surface area contributed by atoms with Gasteiger partial charge in [-0.1, -0.05) is 41.9 Å². The third-order valence-corrected chi connectivity index (χ3v) is 6.77. The van der Waals surface area contributed by atoms with Crippen LogP contribution in [-0.2, 0) is 16.1 Å². The first-order valence-electron chi connectivity index (χ1n) is 12.0. The molecule has 2 heterocycles. The summed E-state index contributed by atoms with van der Waals surface area (Å²) >= 11 is 6.58. The highest BCUT2D eigenvalue weighted by molar-refractivity contribution is 6.38. The maximum atomic E-state index is 12.9. The Labute approximate surface area is 222 Å². The topological polar surface area (TPSA) is 125 Å². The maximum absolute atomic E-state index is 12.9. The molecule has 10 nitrogen and oxygen atoms in total. The molecule has 4 aromatic rings. The Balaban J connectivity index is 1.29. The van der Waals surface area contributed by atoms with E-state index in [1.807, 2.05) is 48.5 Å². The number of hydrogen-bond acceptors (Lipinski definition) is 7. The molecule has 196 valence electrons. The highest BCUT2D eigenvalue weighted by Crippen LogP contribution is 2.36. The maximum Gasteiger partial charge on any atom is 0.356 e. The van der Waals surface area contributed by atoms with Gasteiger partial charge in [-0.05, 0) is 48.7 Å². The summed E-state index contributed by atoms with van der Waals surface area (Å²) in [5.74, 6) is -1.18. The highest BCUT2D eigenvalue weighted by atomic mass is 35.5. The average Bonchev–Trinajstić information content (AvgIpc) is 3.43. The summed E-state index contributed by atoms with van der Waals surface area (Å²) in [6, 6.07) is 16.2. The fraction of sp³-hybridized carbons (Fsp3) is 0.259. The Hall–Kier alpha value is -4.31. The fourth-order valence-corrected chi connectivity index (χ4v) is 4.56. The van der Waals surface area contributed by atoms with Crippen molar-refractivity contribution in [2.24, 2.45) is 0 Å². The molecule has 38 heavy (non-hydrogen) atoms. The standard InChI is InChI=1S/C27H25ClN4O6/c1-3-37-25(34)23-22(28)18-6-4-5-7-19(18)32(23)17-10-8-16(9-11-17)15-29-26(35)27(12-13-27)30-24(33)20-14-21(36-2)31-38-20/h4-11,14H,3,12-13,15H2,1-2H3,(H,29,35)(H,30,33). The van der Waals surface area contributed by atoms with Crippen LogP contribution < -0.4 is 15.4 Å². The number of nitrogens with one attached hydrogen (secondary N) is 2. The lowest BCUT2D eigenvalue weighted by Crippen LogP contribution is -2.48. The molecular weight excluding hydrogens is 512 g/mol. The van der Waals surface area contributed by atoms with E-state index < -0.39 is 17.4 Å². The molecule has 1 aliphatic carbocycles. The van der Waals surface area contributed by atoms with E-state index in [-0.39, 0.29) is 36.4 Å². The van der Waals surface area contributed by atoms with Crippen molar-refractivity contribution in [2.75, 3.05) is 13.7 Å². The van der Waals surface area contributed by atoms with E-state index in [0.717, 1.165) is 22.2 Å². The van der Waals surface area contributed by atoms with Gasteiger partial charge in [0.1, 0.15) is 5.54 Å². The SMILES string of the molecule is CCOC(=O)c1c(Cl)c2ccccc2n1-c1ccc(CNC(=O)C2(NC(=O)c3cc(OC)no3)CC2)cc1. The second-order valence-corrected chi connectivity index (χ2v) is 9.23. The molecule has 0 radical (unpaired) electrons. The zero-order valence-corrected chi connectivity index (χ0v) is 21.5. The smallest absolute Gasteiger partial charge is 0.356 e. The molecular formula is C27H25ClN4O6. The van der Waals surface area contributed by atoms with Crippen molar-refractivity contribution in [1.29, 1.82) is 0 Å². The van der Waals surface area contributed by atoms with Crippen molar-refractivity contribution in [3.63, 3.8) is 0 Å². The van der Waals surface area contributed by atoms with Gasteiger partial charge in [-0.2, -0.15) is 0 Å². The van der Waals surface area contributed by atoms with Crippen molar-refractivity contribution < 1.29 is 28.4 Å². The van der Waals surface area contributed by atoms with Crippen LogP contribution in [0, 0.1) is 0 Å². The predicted octanol–water partition coefficient (Wildman–Crippen LogP) is 4.04. The third kappa shape index (κ3) is 4.70. The van der Waals surface area contributed by atoms with Crippen LogP contribution in [0.5, 0.6) is 5.88 Å². The number of nitrogens with zero attached hydrogens (tertiary/aromatic N) is 2. The number of aromatic nitrogens is 2. The molecule has 0 saturated heterocycles. The molecule has 0 atom stereocenters. The van der Waals surface area contributed by atoms with Gasteiger partial charge >= 0.3 is 5.97 Å². The first-order valence-corrected chi connectivity index (χ1v) is 12.4. The van der Waals surface area contributed by atoms with Gasteiger partial charge in [0.05, 0.1) is 30.3 Å². The van der Waals surface area contributed by atoms with Gasteiger partial charge in [-0.25, -0.2) is 4.79 Å². The lowest BCUT2D eigenvalue weighted by molar-refractivity contribution is -0.124. The van der Waals surface area contributed by atoms with Crippen molar-refractivity contribution in [1.82, 2.24) is 20.4 Å². The number of esters is 1. The molecule has 0 unspecified atom stereocenters. The Morgan fingerprint density at radius 3 is 2.53 bits per heavy atom. The Bertz CT molecular complexity index is 1520. The van der Waals surface area contributed by atoms with Gasteiger partial charge in [0.2, 0.25) is 11.7 Å². The van der Waals surface area contributed by atoms with Crippen molar-refractivity contribution in [2.45, 2.75) is 31.8 Å². The molecule has 2 aromatic carbocycles. The largest absolute Gasteiger partial charge is 0.479 e. The summed E-state index contributed by atoms with van der Waals surface area (Å²) < 4.78 is 16.9. The molecule has 0 bridgehead atoms. The van der Waals surface area contributed by atoms with Gasteiger partial charge in [0.15, 0.2) is 5.69 Å². The number of amides is 2. The van der Waals surface area contributed by atoms with Crippen LogP contribution in [0.3, 0.4) is 0 Å². The minimum absolute atomic E-state index is 0.0312. The summed E-state index contributed by atoms with van der Waals surface area (Å²) in [4.78, 5) is 38.1. The Morgan fingerprint density at radius 2 is 1.87 bits per heavy atom. The number of benzene rings is 2. The number of methoxy groups -OCH3 is 1. The number of rotatable bonds is 9. The summed E-state index contributed by atoms with van der Waals surface area (Å²) in [6.07, 6.45) is 1.04. The first-order chi connectivity index (χ1) is 18.4. The lowest BCUT2D eigenvalue weighted by atomic mass is 10.1. The molecule has 0 aliphatic heterocycles. The summed E-state index contributed by atoms with van der Waals surface area (Å²) in [7, 11) is 1.41. The lowest BCUT2D eigenvalue weighted by Gasteiger charge is -2.16. The van der Waals surface area contributed by atoms with Crippen molar-refractivity contribution in [3.8, 4) is 11.6 Å². The van der Waals surface area contributed by atoms with Crippen LogP contribution in [0.4, 0.5) is 0 Å². The van der Waals surface area contributed by atoms with E-state index in [2.05, 4.69) is 15.8 Å². The Morgan fingerprint density at radius 1 is 1.13 bits per heavy atom. The summed E-state index contributed by atoms with van der Waals surface area (Å²) in [5.41, 5.74) is 1.61. The van der Waals surface area contributed by atoms with Gasteiger partial charge in [-0.15, -0.1) is 0 Å². The van der Waals surface area contributed by atoms with E-state index in [0.29, 0.717) is 17.9 Å². The molecule has 2 N–H and O–H groups in total. The molecule has 1 fully saturated rings. The quantitative estimate of drug-likeness (QED) is 0.309. The van der Waals surface area contributed by atoms with Crippen LogP contribution in [0.25, 0.3) is 16.6 Å². The molecule has 1 saturated carbocycles. The molecule has 11 heteroatoms. The second kappa shape index (κ2) is 10.2. The third-order valence-electron chi connectivity index (χ3n) is 6.39. The highest BCUT2D eigenvalue weighted by Gasteiger charge is 2.51. The van der Waals surface area contributed by atoms with Crippen LogP contribution in [0.1, 0.15) is 46.4 Å². The van der Waals surface area contributed by atoms with E-state index in [4.69, 9.17) is 25.6 Å². The summed E-state index contributed by atoms with van der Waals surface area (Å²) in [6.45, 7) is 2.22. The van der Waals surface area contributed by atoms with Crippen LogP contribution in [-0.4, -0.2) is 46.8 Å².